The van der Waals surface area contributed by atoms with E-state index in [0.717, 1.165) is 19.6 Å². The molecule has 2 heterocycles. The van der Waals surface area contributed by atoms with Gasteiger partial charge in [0.05, 0.1) is 6.67 Å². The van der Waals surface area contributed by atoms with Gasteiger partial charge < -0.3 is 4.98 Å². The molecule has 0 radical (unpaired) electrons. The maximum Gasteiger partial charge on any atom is 0.0503 e. The summed E-state index contributed by atoms with van der Waals surface area (Å²) in [7, 11) is 2.24. The first-order valence-corrected chi connectivity index (χ1v) is 7.79. The third kappa shape index (κ3) is 4.59. The van der Waals surface area contributed by atoms with Gasteiger partial charge in [0.15, 0.2) is 0 Å². The molecule has 1 aromatic carbocycles. The van der Waals surface area contributed by atoms with Crippen LogP contribution in [-0.4, -0.2) is 48.1 Å². The lowest BCUT2D eigenvalue weighted by Crippen LogP contribution is -2.39. The van der Waals surface area contributed by atoms with Crippen LogP contribution >= 0.6 is 0 Å². The Balaban J connectivity index is 0.00000121. The average Bonchev–Trinajstić information content (AvgIpc) is 2.89. The maximum atomic E-state index is 3.36. The van der Waals surface area contributed by atoms with Crippen molar-refractivity contribution in [1.29, 1.82) is 0 Å². The van der Waals surface area contributed by atoms with Crippen molar-refractivity contribution in [2.45, 2.75) is 40.5 Å². The summed E-state index contributed by atoms with van der Waals surface area (Å²) < 4.78 is 0. The van der Waals surface area contributed by atoms with Gasteiger partial charge in [-0.05, 0) is 51.0 Å². The lowest BCUT2D eigenvalue weighted by atomic mass is 10.1. The molecule has 0 atom stereocenters. The Morgan fingerprint density at radius 2 is 1.82 bits per heavy atom. The number of benzene rings is 1. The Bertz CT molecular complexity index is 540. The highest BCUT2D eigenvalue weighted by molar-refractivity contribution is 5.83. The summed E-state index contributed by atoms with van der Waals surface area (Å²) >= 11 is 0. The summed E-state index contributed by atoms with van der Waals surface area (Å²) in [6.07, 6.45) is 7.44. The number of aromatic amines is 1. The Morgan fingerprint density at radius 1 is 1.09 bits per heavy atom. The molecular formula is C19H33N3. The Kier molecular flexibility index (Phi) is 7.63. The third-order valence-electron chi connectivity index (χ3n) is 4.33. The van der Waals surface area contributed by atoms with Gasteiger partial charge in [0.25, 0.3) is 0 Å². The van der Waals surface area contributed by atoms with Crippen LogP contribution in [0, 0.1) is 0 Å². The number of rotatable bonds is 5. The van der Waals surface area contributed by atoms with E-state index in [1.54, 1.807) is 0 Å². The molecule has 2 aromatic rings. The van der Waals surface area contributed by atoms with Gasteiger partial charge >= 0.3 is 0 Å². The van der Waals surface area contributed by atoms with Crippen LogP contribution in [0.5, 0.6) is 0 Å². The van der Waals surface area contributed by atoms with Crippen molar-refractivity contribution in [3.63, 3.8) is 0 Å². The molecule has 22 heavy (non-hydrogen) atoms. The summed E-state index contributed by atoms with van der Waals surface area (Å²) in [5.41, 5.74) is 2.69. The highest BCUT2D eigenvalue weighted by Gasteiger charge is 2.12. The predicted molar refractivity (Wildman–Crippen MR) is 98.4 cm³/mol. The molecule has 3 nitrogen and oxygen atoms in total. The third-order valence-corrected chi connectivity index (χ3v) is 4.33. The Labute approximate surface area is 136 Å². The van der Waals surface area contributed by atoms with Crippen molar-refractivity contribution in [2.75, 3.05) is 33.4 Å². The smallest absolute Gasteiger partial charge is 0.0503 e. The second-order valence-corrected chi connectivity index (χ2v) is 6.01. The number of para-hydroxylation sites is 1. The predicted octanol–water partition coefficient (Wildman–Crippen LogP) is 4.36. The second kappa shape index (κ2) is 8.96. The molecule has 0 spiro atoms. The van der Waals surface area contributed by atoms with Crippen LogP contribution in [0.3, 0.4) is 0 Å². The summed E-state index contributed by atoms with van der Waals surface area (Å²) in [4.78, 5) is 8.40. The molecule has 1 N–H and O–H groups in total. The molecule has 124 valence electrons. The van der Waals surface area contributed by atoms with E-state index in [0.29, 0.717) is 0 Å². The number of fused-ring (bicyclic) bond motifs is 1. The largest absolute Gasteiger partial charge is 0.361 e. The van der Waals surface area contributed by atoms with Crippen molar-refractivity contribution in [3.05, 3.63) is 36.0 Å². The van der Waals surface area contributed by atoms with Gasteiger partial charge in [-0.1, -0.05) is 39.5 Å². The highest BCUT2D eigenvalue weighted by Crippen LogP contribution is 2.18. The minimum Gasteiger partial charge on any atom is -0.361 e. The van der Waals surface area contributed by atoms with E-state index in [1.165, 1.54) is 48.8 Å². The number of nitrogens with one attached hydrogen (secondary N) is 1. The molecular weight excluding hydrogens is 270 g/mol. The number of likely N-dealkylation sites (N-methyl/N-ethyl adjacent to an activating group) is 1. The van der Waals surface area contributed by atoms with Crippen LogP contribution in [0.15, 0.2) is 30.5 Å². The van der Waals surface area contributed by atoms with Gasteiger partial charge in [-0.25, -0.2) is 0 Å². The number of H-pyrrole nitrogens is 1. The Hall–Kier alpha value is -1.32. The van der Waals surface area contributed by atoms with Crippen LogP contribution in [-0.2, 0) is 6.42 Å². The zero-order valence-corrected chi connectivity index (χ0v) is 12.4. The van der Waals surface area contributed by atoms with Gasteiger partial charge in [-0.15, -0.1) is 0 Å². The second-order valence-electron chi connectivity index (χ2n) is 6.01. The Morgan fingerprint density at radius 3 is 2.59 bits per heavy atom. The SMILES string of the molecule is C.C.CN(CCc1c[nH]c2ccccc12)CN1CCCCC1. The molecule has 1 aliphatic rings. The summed E-state index contributed by atoms with van der Waals surface area (Å²) in [6.45, 7) is 4.79. The number of aromatic nitrogens is 1. The fourth-order valence-electron chi connectivity index (χ4n) is 3.16. The molecule has 1 aromatic heterocycles. The molecule has 0 saturated carbocycles. The molecule has 3 rings (SSSR count). The minimum atomic E-state index is 0. The van der Waals surface area contributed by atoms with E-state index in [2.05, 4.69) is 52.3 Å². The number of likely N-dealkylation sites (tertiary alicyclic amines) is 1. The first-order chi connectivity index (χ1) is 9.83. The molecule has 0 bridgehead atoms. The fraction of sp³-hybridized carbons (Fsp3) is 0.579. The van der Waals surface area contributed by atoms with Gasteiger partial charge in [-0.3, -0.25) is 9.80 Å². The van der Waals surface area contributed by atoms with Gasteiger partial charge in [-0.2, -0.15) is 0 Å². The van der Waals surface area contributed by atoms with Crippen molar-refractivity contribution < 1.29 is 0 Å². The molecule has 1 fully saturated rings. The number of hydrogen-bond acceptors (Lipinski definition) is 2. The van der Waals surface area contributed by atoms with Crippen molar-refractivity contribution in [1.82, 2.24) is 14.8 Å². The highest BCUT2D eigenvalue weighted by atomic mass is 15.3. The molecule has 0 aliphatic carbocycles. The normalized spacial score (nSPS) is 15.5. The maximum absolute atomic E-state index is 3.36. The van der Waals surface area contributed by atoms with Crippen molar-refractivity contribution in [2.24, 2.45) is 0 Å². The molecule has 3 heteroatoms. The van der Waals surface area contributed by atoms with E-state index in [-0.39, 0.29) is 14.9 Å². The van der Waals surface area contributed by atoms with E-state index >= 15 is 0 Å². The van der Waals surface area contributed by atoms with Crippen LogP contribution in [0.25, 0.3) is 10.9 Å². The summed E-state index contributed by atoms with van der Waals surface area (Å²) in [6, 6.07) is 8.57. The zero-order valence-electron chi connectivity index (χ0n) is 12.4. The van der Waals surface area contributed by atoms with Crippen molar-refractivity contribution >= 4 is 10.9 Å². The zero-order chi connectivity index (χ0) is 13.8. The van der Waals surface area contributed by atoms with E-state index < -0.39 is 0 Å². The van der Waals surface area contributed by atoms with Crippen LogP contribution in [0.2, 0.25) is 0 Å². The van der Waals surface area contributed by atoms with Gasteiger partial charge in [0.1, 0.15) is 0 Å². The van der Waals surface area contributed by atoms with E-state index in [9.17, 15) is 0 Å². The van der Waals surface area contributed by atoms with Crippen molar-refractivity contribution in [3.8, 4) is 0 Å². The first kappa shape index (κ1) is 18.7. The number of nitrogens with zero attached hydrogens (tertiary/aromatic N) is 2. The van der Waals surface area contributed by atoms with Crippen LogP contribution in [0.4, 0.5) is 0 Å². The molecule has 0 unspecified atom stereocenters. The van der Waals surface area contributed by atoms with Crippen LogP contribution < -0.4 is 0 Å². The average molecular weight is 303 g/mol. The quantitative estimate of drug-likeness (QED) is 0.886. The molecule has 1 aliphatic heterocycles. The summed E-state index contributed by atoms with van der Waals surface area (Å²) in [5.74, 6) is 0. The topological polar surface area (TPSA) is 22.3 Å². The lowest BCUT2D eigenvalue weighted by molar-refractivity contribution is 0.133. The molecule has 1 saturated heterocycles. The fourth-order valence-corrected chi connectivity index (χ4v) is 3.16. The standard InChI is InChI=1S/C17H25N3.2CH4/c1-19(14-20-10-5-2-6-11-20)12-9-15-13-18-17-8-4-3-7-16(15)17;;/h3-4,7-8,13,18H,2,5-6,9-12,14H2,1H3;2*1H4. The van der Waals surface area contributed by atoms with Gasteiger partial charge in [0.2, 0.25) is 0 Å². The lowest BCUT2D eigenvalue weighted by Gasteiger charge is -2.30. The monoisotopic (exact) mass is 303 g/mol. The van der Waals surface area contributed by atoms with E-state index in [1.807, 2.05) is 0 Å². The minimum absolute atomic E-state index is 0. The molecule has 0 amide bonds. The number of piperidine rings is 1. The number of hydrogen-bond donors (Lipinski definition) is 1. The van der Waals surface area contributed by atoms with Crippen LogP contribution in [0.1, 0.15) is 39.7 Å². The van der Waals surface area contributed by atoms with E-state index in [4.69, 9.17) is 0 Å². The first-order valence-electron chi connectivity index (χ1n) is 7.79. The summed E-state index contributed by atoms with van der Waals surface area (Å²) in [5, 5.41) is 1.37. The van der Waals surface area contributed by atoms with Gasteiger partial charge in [0, 0.05) is 23.6 Å².